The van der Waals surface area contributed by atoms with Crippen molar-refractivity contribution in [1.82, 2.24) is 15.2 Å². The van der Waals surface area contributed by atoms with Crippen molar-refractivity contribution < 1.29 is 8.42 Å². The van der Waals surface area contributed by atoms with Gasteiger partial charge in [-0.1, -0.05) is 19.1 Å². The summed E-state index contributed by atoms with van der Waals surface area (Å²) in [6.07, 6.45) is 0.579. The van der Waals surface area contributed by atoms with Crippen LogP contribution in [0.2, 0.25) is 0 Å². The van der Waals surface area contributed by atoms with E-state index in [1.807, 2.05) is 19.9 Å². The van der Waals surface area contributed by atoms with Crippen LogP contribution in [-0.2, 0) is 10.0 Å². The van der Waals surface area contributed by atoms with Gasteiger partial charge in [0.15, 0.2) is 5.82 Å². The van der Waals surface area contributed by atoms with Crippen molar-refractivity contribution in [2.75, 3.05) is 10.5 Å². The standard InChI is InChI=1S/C12H16N4O2S/c1-3-7-19(17,18)16-11-6-4-5-10(8-11)12-13-9(2)14-15-12/h4-6,8,16H,3,7H2,1-2H3,(H,13,14,15). The van der Waals surface area contributed by atoms with Gasteiger partial charge in [-0.2, -0.15) is 5.10 Å². The lowest BCUT2D eigenvalue weighted by atomic mass is 10.2. The molecule has 0 aliphatic heterocycles. The molecule has 0 aliphatic carbocycles. The molecule has 0 bridgehead atoms. The molecule has 0 atom stereocenters. The molecule has 0 amide bonds. The van der Waals surface area contributed by atoms with E-state index in [0.717, 1.165) is 5.56 Å². The lowest BCUT2D eigenvalue weighted by Crippen LogP contribution is -2.16. The lowest BCUT2D eigenvalue weighted by Gasteiger charge is -2.07. The van der Waals surface area contributed by atoms with Crippen LogP contribution < -0.4 is 4.72 Å². The van der Waals surface area contributed by atoms with Gasteiger partial charge < -0.3 is 0 Å². The van der Waals surface area contributed by atoms with E-state index in [1.54, 1.807) is 18.2 Å². The molecule has 0 aliphatic rings. The zero-order valence-corrected chi connectivity index (χ0v) is 11.7. The van der Waals surface area contributed by atoms with Crippen LogP contribution in [0.3, 0.4) is 0 Å². The van der Waals surface area contributed by atoms with Crippen molar-refractivity contribution in [1.29, 1.82) is 0 Å². The largest absolute Gasteiger partial charge is 0.284 e. The van der Waals surface area contributed by atoms with Gasteiger partial charge in [0.1, 0.15) is 5.82 Å². The molecular formula is C12H16N4O2S. The first kappa shape index (κ1) is 13.5. The van der Waals surface area contributed by atoms with E-state index in [4.69, 9.17) is 0 Å². The molecule has 2 rings (SSSR count). The average molecular weight is 280 g/mol. The molecule has 0 saturated heterocycles. The smallest absolute Gasteiger partial charge is 0.232 e. The Kier molecular flexibility index (Phi) is 3.84. The van der Waals surface area contributed by atoms with E-state index < -0.39 is 10.0 Å². The van der Waals surface area contributed by atoms with Gasteiger partial charge in [-0.3, -0.25) is 9.82 Å². The molecule has 7 heteroatoms. The summed E-state index contributed by atoms with van der Waals surface area (Å²) in [5.74, 6) is 1.37. The van der Waals surface area contributed by atoms with Crippen molar-refractivity contribution in [3.05, 3.63) is 30.1 Å². The zero-order valence-electron chi connectivity index (χ0n) is 10.8. The fraction of sp³-hybridized carbons (Fsp3) is 0.333. The number of aryl methyl sites for hydroxylation is 1. The first-order valence-corrected chi connectivity index (χ1v) is 7.65. The Morgan fingerprint density at radius 3 is 2.79 bits per heavy atom. The molecule has 0 spiro atoms. The third-order valence-electron chi connectivity index (χ3n) is 2.46. The SMILES string of the molecule is CCCS(=O)(=O)Nc1cccc(-c2n[nH]c(C)n2)c1. The van der Waals surface area contributed by atoms with Crippen LogP contribution in [0, 0.1) is 6.92 Å². The Hall–Kier alpha value is -1.89. The second-order valence-corrected chi connectivity index (χ2v) is 6.09. The van der Waals surface area contributed by atoms with Gasteiger partial charge in [-0.15, -0.1) is 0 Å². The Morgan fingerprint density at radius 1 is 1.37 bits per heavy atom. The van der Waals surface area contributed by atoms with Crippen LogP contribution in [0.25, 0.3) is 11.4 Å². The van der Waals surface area contributed by atoms with E-state index in [2.05, 4.69) is 19.9 Å². The van der Waals surface area contributed by atoms with Gasteiger partial charge >= 0.3 is 0 Å². The molecule has 102 valence electrons. The fourth-order valence-electron chi connectivity index (χ4n) is 1.69. The monoisotopic (exact) mass is 280 g/mol. The van der Waals surface area contributed by atoms with Gasteiger partial charge in [-0.05, 0) is 25.5 Å². The highest BCUT2D eigenvalue weighted by Crippen LogP contribution is 2.20. The molecule has 6 nitrogen and oxygen atoms in total. The third-order valence-corrected chi connectivity index (χ3v) is 3.96. The normalized spacial score (nSPS) is 11.5. The molecule has 0 saturated carbocycles. The molecule has 0 unspecified atom stereocenters. The zero-order chi connectivity index (χ0) is 13.9. The topological polar surface area (TPSA) is 87.7 Å². The number of nitrogens with one attached hydrogen (secondary N) is 2. The number of rotatable bonds is 5. The highest BCUT2D eigenvalue weighted by molar-refractivity contribution is 7.92. The van der Waals surface area contributed by atoms with Gasteiger partial charge in [0.25, 0.3) is 0 Å². The van der Waals surface area contributed by atoms with Crippen LogP contribution in [0.1, 0.15) is 19.2 Å². The maximum atomic E-state index is 11.7. The second kappa shape index (κ2) is 5.40. The molecule has 2 aromatic rings. The molecule has 1 aromatic carbocycles. The van der Waals surface area contributed by atoms with Crippen molar-refractivity contribution in [2.45, 2.75) is 20.3 Å². The van der Waals surface area contributed by atoms with Crippen molar-refractivity contribution in [2.24, 2.45) is 0 Å². The van der Waals surface area contributed by atoms with Crippen LogP contribution in [0.4, 0.5) is 5.69 Å². The summed E-state index contributed by atoms with van der Waals surface area (Å²) in [6.45, 7) is 3.64. The summed E-state index contributed by atoms with van der Waals surface area (Å²) < 4.78 is 25.9. The lowest BCUT2D eigenvalue weighted by molar-refractivity contribution is 0.600. The van der Waals surface area contributed by atoms with Gasteiger partial charge in [0, 0.05) is 11.3 Å². The van der Waals surface area contributed by atoms with Crippen molar-refractivity contribution in [3.63, 3.8) is 0 Å². The number of hydrogen-bond acceptors (Lipinski definition) is 4. The van der Waals surface area contributed by atoms with Gasteiger partial charge in [0.2, 0.25) is 10.0 Å². The minimum Gasteiger partial charge on any atom is -0.284 e. The number of aromatic nitrogens is 3. The van der Waals surface area contributed by atoms with Crippen molar-refractivity contribution >= 4 is 15.7 Å². The van der Waals surface area contributed by atoms with Gasteiger partial charge in [0.05, 0.1) is 5.75 Å². The number of H-pyrrole nitrogens is 1. The summed E-state index contributed by atoms with van der Waals surface area (Å²) in [7, 11) is -3.28. The Balaban J connectivity index is 2.25. The van der Waals surface area contributed by atoms with E-state index >= 15 is 0 Å². The fourth-order valence-corrected chi connectivity index (χ4v) is 2.82. The predicted octanol–water partition coefficient (Wildman–Crippen LogP) is 1.93. The minimum absolute atomic E-state index is 0.108. The molecule has 1 aromatic heterocycles. The summed E-state index contributed by atoms with van der Waals surface area (Å²) in [6, 6.07) is 7.02. The number of aromatic amines is 1. The van der Waals surface area contributed by atoms with Gasteiger partial charge in [-0.25, -0.2) is 13.4 Å². The highest BCUT2D eigenvalue weighted by atomic mass is 32.2. The van der Waals surface area contributed by atoms with E-state index in [1.165, 1.54) is 0 Å². The van der Waals surface area contributed by atoms with E-state index in [9.17, 15) is 8.42 Å². The Bertz CT molecular complexity index is 664. The van der Waals surface area contributed by atoms with E-state index in [0.29, 0.717) is 23.8 Å². The quantitative estimate of drug-likeness (QED) is 0.876. The molecule has 0 fully saturated rings. The average Bonchev–Trinajstić information content (AvgIpc) is 2.75. The predicted molar refractivity (Wildman–Crippen MR) is 74.3 cm³/mol. The maximum Gasteiger partial charge on any atom is 0.232 e. The van der Waals surface area contributed by atoms with E-state index in [-0.39, 0.29) is 5.75 Å². The molecule has 0 radical (unpaired) electrons. The second-order valence-electron chi connectivity index (χ2n) is 4.25. The number of anilines is 1. The summed E-state index contributed by atoms with van der Waals surface area (Å²) in [4.78, 5) is 4.21. The number of benzene rings is 1. The van der Waals surface area contributed by atoms with Crippen LogP contribution in [-0.4, -0.2) is 29.4 Å². The first-order chi connectivity index (χ1) is 9.00. The third kappa shape index (κ3) is 3.54. The van der Waals surface area contributed by atoms with Crippen LogP contribution in [0.5, 0.6) is 0 Å². The molecule has 1 heterocycles. The molecular weight excluding hydrogens is 264 g/mol. The molecule has 19 heavy (non-hydrogen) atoms. The summed E-state index contributed by atoms with van der Waals surface area (Å²) >= 11 is 0. The Morgan fingerprint density at radius 2 is 2.16 bits per heavy atom. The minimum atomic E-state index is -3.28. The van der Waals surface area contributed by atoms with Crippen LogP contribution in [0.15, 0.2) is 24.3 Å². The number of hydrogen-bond donors (Lipinski definition) is 2. The highest BCUT2D eigenvalue weighted by Gasteiger charge is 2.10. The molecule has 2 N–H and O–H groups in total. The van der Waals surface area contributed by atoms with Crippen LogP contribution >= 0.6 is 0 Å². The summed E-state index contributed by atoms with van der Waals surface area (Å²) in [5, 5.41) is 6.80. The summed E-state index contributed by atoms with van der Waals surface area (Å²) in [5.41, 5.74) is 1.29. The Labute approximate surface area is 112 Å². The number of nitrogens with zero attached hydrogens (tertiary/aromatic N) is 2. The number of sulfonamides is 1. The van der Waals surface area contributed by atoms with Crippen molar-refractivity contribution in [3.8, 4) is 11.4 Å². The maximum absolute atomic E-state index is 11.7. The first-order valence-electron chi connectivity index (χ1n) is 6.00.